The summed E-state index contributed by atoms with van der Waals surface area (Å²) in [7, 11) is 1.69. The fourth-order valence-electron chi connectivity index (χ4n) is 3.82. The van der Waals surface area contributed by atoms with Gasteiger partial charge in [-0.3, -0.25) is 4.79 Å². The molecule has 0 radical (unpaired) electrons. The summed E-state index contributed by atoms with van der Waals surface area (Å²) in [5.74, 6) is 0.651. The zero-order valence-corrected chi connectivity index (χ0v) is 18.6. The highest BCUT2D eigenvalue weighted by molar-refractivity contribution is 5.93. The molecular weight excluding hydrogens is 405 g/mol. The van der Waals surface area contributed by atoms with Crippen molar-refractivity contribution in [2.45, 2.75) is 44.8 Å². The van der Waals surface area contributed by atoms with E-state index in [1.165, 1.54) is 0 Å². The predicted octanol–water partition coefficient (Wildman–Crippen LogP) is 2.16. The van der Waals surface area contributed by atoms with Gasteiger partial charge in [0.15, 0.2) is 6.86 Å². The van der Waals surface area contributed by atoms with Crippen LogP contribution in [-0.4, -0.2) is 74.5 Å². The van der Waals surface area contributed by atoms with Crippen molar-refractivity contribution in [3.8, 4) is 5.88 Å². The molecule has 1 amide bonds. The molecule has 1 aliphatic heterocycles. The zero-order chi connectivity index (χ0) is 22.4. The summed E-state index contributed by atoms with van der Waals surface area (Å²) in [6.45, 7) is 5.15. The zero-order valence-electron chi connectivity index (χ0n) is 18.6. The Bertz CT molecular complexity index is 740. The fraction of sp³-hybridized carbons (Fsp3) is 0.727. The van der Waals surface area contributed by atoms with Crippen LogP contribution in [0, 0.1) is 11.8 Å². The number of alkyl halides is 1. The minimum absolute atomic E-state index is 0.0973. The molecule has 1 aromatic rings. The molecule has 174 valence electrons. The number of nitrogens with one attached hydrogen (secondary N) is 1. The van der Waals surface area contributed by atoms with E-state index in [1.54, 1.807) is 13.2 Å². The first-order valence-electron chi connectivity index (χ1n) is 11.0. The molecule has 31 heavy (non-hydrogen) atoms. The molecule has 9 heteroatoms. The van der Waals surface area contributed by atoms with Crippen molar-refractivity contribution in [3.63, 3.8) is 0 Å². The minimum atomic E-state index is -0.892. The second kappa shape index (κ2) is 10.6. The van der Waals surface area contributed by atoms with Crippen LogP contribution >= 0.6 is 0 Å². The van der Waals surface area contributed by atoms with Crippen molar-refractivity contribution in [2.75, 3.05) is 51.8 Å². The molecule has 3 rings (SSSR count). The Morgan fingerprint density at radius 3 is 2.65 bits per heavy atom. The maximum Gasteiger partial charge on any atom is 0.270 e. The number of pyridine rings is 1. The molecule has 2 fully saturated rings. The topological polar surface area (TPSA) is 93.2 Å². The van der Waals surface area contributed by atoms with Crippen LogP contribution in [0.4, 0.5) is 10.1 Å². The van der Waals surface area contributed by atoms with Crippen LogP contribution in [0.15, 0.2) is 12.1 Å². The van der Waals surface area contributed by atoms with Gasteiger partial charge in [-0.25, -0.2) is 9.37 Å². The Morgan fingerprint density at radius 1 is 1.32 bits per heavy atom. The normalized spacial score (nSPS) is 21.0. The number of rotatable bonds is 13. The molecule has 8 nitrogen and oxygen atoms in total. The summed E-state index contributed by atoms with van der Waals surface area (Å²) in [5, 5.41) is 12.3. The second-order valence-electron chi connectivity index (χ2n) is 8.43. The van der Waals surface area contributed by atoms with Crippen LogP contribution in [0.2, 0.25) is 0 Å². The number of aromatic nitrogens is 1. The number of hydrogen-bond acceptors (Lipinski definition) is 7. The number of aliphatic hydroxyl groups is 1. The van der Waals surface area contributed by atoms with Crippen LogP contribution in [0.3, 0.4) is 0 Å². The quantitative estimate of drug-likeness (QED) is 0.486. The summed E-state index contributed by atoms with van der Waals surface area (Å²) in [6.07, 6.45) is 2.31. The van der Waals surface area contributed by atoms with Crippen molar-refractivity contribution in [1.29, 1.82) is 0 Å². The fourth-order valence-corrected chi connectivity index (χ4v) is 3.82. The molecule has 2 aliphatic rings. The van der Waals surface area contributed by atoms with Crippen molar-refractivity contribution in [3.05, 3.63) is 17.8 Å². The van der Waals surface area contributed by atoms with E-state index in [0.29, 0.717) is 31.2 Å². The van der Waals surface area contributed by atoms with E-state index in [1.807, 2.05) is 19.9 Å². The molecule has 2 atom stereocenters. The molecule has 2 heterocycles. The molecule has 2 N–H and O–H groups in total. The highest BCUT2D eigenvalue weighted by Gasteiger charge is 2.38. The SMILES string of the molecule is CCC(CC)(COCF)NC(=O)c1ccc(N2CC(OC)C2)c(OC[C@@H]2C[C@@H]2CO)n1. The third-order valence-corrected chi connectivity index (χ3v) is 6.52. The molecule has 1 saturated heterocycles. The molecule has 1 saturated carbocycles. The lowest BCUT2D eigenvalue weighted by atomic mass is 9.93. The van der Waals surface area contributed by atoms with E-state index in [-0.39, 0.29) is 36.8 Å². The van der Waals surface area contributed by atoms with Crippen molar-refractivity contribution in [1.82, 2.24) is 10.3 Å². The maximum atomic E-state index is 13.0. The number of amides is 1. The molecule has 0 aromatic carbocycles. The van der Waals surface area contributed by atoms with Gasteiger partial charge in [0.1, 0.15) is 11.4 Å². The van der Waals surface area contributed by atoms with Crippen molar-refractivity contribution >= 4 is 11.6 Å². The monoisotopic (exact) mass is 439 g/mol. The average Bonchev–Trinajstić information content (AvgIpc) is 3.53. The van der Waals surface area contributed by atoms with Gasteiger partial charge < -0.3 is 29.5 Å². The van der Waals surface area contributed by atoms with Crippen LogP contribution < -0.4 is 15.0 Å². The summed E-state index contributed by atoms with van der Waals surface area (Å²) in [4.78, 5) is 19.6. The molecular formula is C22H34FN3O5. The Hall–Kier alpha value is -1.97. The lowest BCUT2D eigenvalue weighted by Gasteiger charge is -2.40. The Labute approximate surface area is 183 Å². The van der Waals surface area contributed by atoms with Gasteiger partial charge in [-0.1, -0.05) is 13.8 Å². The highest BCUT2D eigenvalue weighted by atomic mass is 19.1. The van der Waals surface area contributed by atoms with Crippen LogP contribution in [0.25, 0.3) is 0 Å². The largest absolute Gasteiger partial charge is 0.476 e. The lowest BCUT2D eigenvalue weighted by Crippen LogP contribution is -2.52. The van der Waals surface area contributed by atoms with Crippen LogP contribution in [0.5, 0.6) is 5.88 Å². The number of nitrogens with zero attached hydrogens (tertiary/aromatic N) is 2. The minimum Gasteiger partial charge on any atom is -0.476 e. The second-order valence-corrected chi connectivity index (χ2v) is 8.43. The predicted molar refractivity (Wildman–Crippen MR) is 114 cm³/mol. The van der Waals surface area contributed by atoms with Gasteiger partial charge in [-0.05, 0) is 43.2 Å². The molecule has 0 unspecified atom stereocenters. The number of anilines is 1. The first-order chi connectivity index (χ1) is 15.0. The molecule has 1 aromatic heterocycles. The summed E-state index contributed by atoms with van der Waals surface area (Å²) in [6, 6.07) is 3.52. The first kappa shape index (κ1) is 23.7. The van der Waals surface area contributed by atoms with E-state index in [2.05, 4.69) is 15.2 Å². The lowest BCUT2D eigenvalue weighted by molar-refractivity contribution is 0.0119. The van der Waals surface area contributed by atoms with Gasteiger partial charge in [0.25, 0.3) is 5.91 Å². The van der Waals surface area contributed by atoms with Gasteiger partial charge in [0.2, 0.25) is 5.88 Å². The summed E-state index contributed by atoms with van der Waals surface area (Å²) < 4.78 is 28.9. The van der Waals surface area contributed by atoms with Crippen molar-refractivity contribution < 1.29 is 28.5 Å². The van der Waals surface area contributed by atoms with E-state index in [0.717, 1.165) is 25.2 Å². The number of halogens is 1. The first-order valence-corrected chi connectivity index (χ1v) is 11.0. The Kier molecular flexibility index (Phi) is 8.07. The number of hydrogen-bond donors (Lipinski definition) is 2. The van der Waals surface area contributed by atoms with E-state index >= 15 is 0 Å². The van der Waals surface area contributed by atoms with E-state index in [4.69, 9.17) is 14.2 Å². The smallest absolute Gasteiger partial charge is 0.270 e. The van der Waals surface area contributed by atoms with Gasteiger partial charge in [0, 0.05) is 26.8 Å². The highest BCUT2D eigenvalue weighted by Crippen LogP contribution is 2.39. The number of aliphatic hydroxyl groups excluding tert-OH is 1. The van der Waals surface area contributed by atoms with Gasteiger partial charge >= 0.3 is 0 Å². The van der Waals surface area contributed by atoms with Crippen LogP contribution in [-0.2, 0) is 9.47 Å². The van der Waals surface area contributed by atoms with Gasteiger partial charge in [0.05, 0.1) is 24.9 Å². The van der Waals surface area contributed by atoms with Gasteiger partial charge in [-0.15, -0.1) is 0 Å². The number of carbonyl (C=O) groups excluding carboxylic acids is 1. The van der Waals surface area contributed by atoms with Crippen molar-refractivity contribution in [2.24, 2.45) is 11.8 Å². The third-order valence-electron chi connectivity index (χ3n) is 6.52. The number of carbonyl (C=O) groups is 1. The summed E-state index contributed by atoms with van der Waals surface area (Å²) >= 11 is 0. The molecule has 1 aliphatic carbocycles. The maximum absolute atomic E-state index is 13.0. The number of methoxy groups -OCH3 is 1. The molecule has 0 bridgehead atoms. The average molecular weight is 440 g/mol. The standard InChI is InChI=1S/C22H34FN3O5/c1-4-22(5-2,13-30-14-23)25-20(28)18-6-7-19(26-9-17(10-26)29-3)21(24-18)31-12-16-8-15(16)11-27/h6-7,15-17,27H,4-5,8-14H2,1-3H3,(H,25,28)/t15-,16+/m1/s1. The summed E-state index contributed by atoms with van der Waals surface area (Å²) in [5.41, 5.74) is 0.406. The Balaban J connectivity index is 1.75. The van der Waals surface area contributed by atoms with Gasteiger partial charge in [-0.2, -0.15) is 0 Å². The molecule has 0 spiro atoms. The third kappa shape index (κ3) is 5.64. The number of ether oxygens (including phenoxy) is 3. The van der Waals surface area contributed by atoms with E-state index < -0.39 is 12.4 Å². The van der Waals surface area contributed by atoms with E-state index in [9.17, 15) is 14.3 Å². The Morgan fingerprint density at radius 2 is 2.06 bits per heavy atom. The van der Waals surface area contributed by atoms with Crippen LogP contribution in [0.1, 0.15) is 43.6 Å².